The normalized spacial score (nSPS) is 12.4. The molecular weight excluding hydrogens is 186 g/mol. The van der Waals surface area contributed by atoms with E-state index >= 15 is 0 Å². The molecule has 0 saturated heterocycles. The summed E-state index contributed by atoms with van der Waals surface area (Å²) in [5, 5.41) is 3.42. The zero-order valence-corrected chi connectivity index (χ0v) is 9.03. The Morgan fingerprint density at radius 1 is 1.13 bits per heavy atom. The van der Waals surface area contributed by atoms with Crippen molar-refractivity contribution in [1.82, 2.24) is 0 Å². The zero-order chi connectivity index (χ0) is 10.7. The maximum absolute atomic E-state index is 5.34. The first-order valence-electron chi connectivity index (χ1n) is 5.13. The molecule has 2 nitrogen and oxygen atoms in total. The van der Waals surface area contributed by atoms with Gasteiger partial charge in [-0.15, -0.1) is 0 Å². The molecule has 1 atom stereocenters. The van der Waals surface area contributed by atoms with Crippen molar-refractivity contribution in [1.29, 1.82) is 0 Å². The largest absolute Gasteiger partial charge is 0.467 e. The highest BCUT2D eigenvalue weighted by atomic mass is 16.3. The Morgan fingerprint density at radius 2 is 1.93 bits per heavy atom. The van der Waals surface area contributed by atoms with Crippen LogP contribution in [0.4, 0.5) is 5.69 Å². The van der Waals surface area contributed by atoms with Crippen molar-refractivity contribution in [2.45, 2.75) is 19.9 Å². The third-order valence-corrected chi connectivity index (χ3v) is 2.49. The lowest BCUT2D eigenvalue weighted by Gasteiger charge is -2.14. The minimum atomic E-state index is 0.195. The number of benzene rings is 1. The van der Waals surface area contributed by atoms with Crippen LogP contribution in [0.2, 0.25) is 0 Å². The molecule has 1 N–H and O–H groups in total. The summed E-state index contributed by atoms with van der Waals surface area (Å²) in [7, 11) is 0. The van der Waals surface area contributed by atoms with Crippen LogP contribution in [0.1, 0.15) is 24.3 Å². The van der Waals surface area contributed by atoms with E-state index in [0.29, 0.717) is 0 Å². The summed E-state index contributed by atoms with van der Waals surface area (Å²) in [5.74, 6) is 0.957. The van der Waals surface area contributed by atoms with Gasteiger partial charge >= 0.3 is 0 Å². The first-order chi connectivity index (χ1) is 7.27. The van der Waals surface area contributed by atoms with Gasteiger partial charge in [0.15, 0.2) is 0 Å². The predicted molar refractivity (Wildman–Crippen MR) is 61.9 cm³/mol. The second-order valence-corrected chi connectivity index (χ2v) is 3.70. The van der Waals surface area contributed by atoms with Crippen LogP contribution < -0.4 is 5.32 Å². The van der Waals surface area contributed by atoms with Crippen molar-refractivity contribution < 1.29 is 4.42 Å². The first-order valence-corrected chi connectivity index (χ1v) is 5.13. The summed E-state index contributed by atoms with van der Waals surface area (Å²) < 4.78 is 5.34. The predicted octanol–water partition coefficient (Wildman–Crippen LogP) is 3.76. The van der Waals surface area contributed by atoms with Crippen LogP contribution in [-0.4, -0.2) is 0 Å². The molecule has 0 aliphatic carbocycles. The fourth-order valence-corrected chi connectivity index (χ4v) is 1.58. The van der Waals surface area contributed by atoms with Crippen molar-refractivity contribution in [3.8, 4) is 0 Å². The molecule has 0 amide bonds. The molecule has 2 rings (SSSR count). The lowest BCUT2D eigenvalue weighted by Crippen LogP contribution is -2.06. The van der Waals surface area contributed by atoms with Crippen LogP contribution >= 0.6 is 0 Å². The number of para-hydroxylation sites is 1. The molecule has 15 heavy (non-hydrogen) atoms. The van der Waals surface area contributed by atoms with Crippen LogP contribution in [0.15, 0.2) is 47.1 Å². The Balaban J connectivity index is 2.13. The van der Waals surface area contributed by atoms with Gasteiger partial charge in [-0.1, -0.05) is 18.2 Å². The average Bonchev–Trinajstić information content (AvgIpc) is 2.74. The van der Waals surface area contributed by atoms with E-state index in [4.69, 9.17) is 4.42 Å². The first kappa shape index (κ1) is 9.84. The van der Waals surface area contributed by atoms with Crippen molar-refractivity contribution >= 4 is 5.69 Å². The van der Waals surface area contributed by atoms with E-state index in [1.807, 2.05) is 24.3 Å². The molecule has 1 aromatic carbocycles. The van der Waals surface area contributed by atoms with E-state index in [2.05, 4.69) is 31.3 Å². The molecule has 1 heterocycles. The molecule has 0 radical (unpaired) electrons. The van der Waals surface area contributed by atoms with Gasteiger partial charge in [0.1, 0.15) is 5.76 Å². The Hall–Kier alpha value is -1.70. The topological polar surface area (TPSA) is 25.2 Å². The maximum Gasteiger partial charge on any atom is 0.125 e. The van der Waals surface area contributed by atoms with E-state index in [1.165, 1.54) is 5.56 Å². The Morgan fingerprint density at radius 3 is 2.60 bits per heavy atom. The highest BCUT2D eigenvalue weighted by Gasteiger charge is 2.08. The number of hydrogen-bond acceptors (Lipinski definition) is 2. The van der Waals surface area contributed by atoms with E-state index in [9.17, 15) is 0 Å². The third kappa shape index (κ3) is 2.21. The maximum atomic E-state index is 5.34. The summed E-state index contributed by atoms with van der Waals surface area (Å²) in [6, 6.07) is 12.3. The molecular formula is C13H15NO. The lowest BCUT2D eigenvalue weighted by molar-refractivity contribution is 0.490. The zero-order valence-electron chi connectivity index (χ0n) is 9.03. The Kier molecular flexibility index (Phi) is 2.77. The van der Waals surface area contributed by atoms with Crippen LogP contribution in [0, 0.1) is 6.92 Å². The fourth-order valence-electron chi connectivity index (χ4n) is 1.58. The molecule has 0 unspecified atom stereocenters. The highest BCUT2D eigenvalue weighted by molar-refractivity contribution is 5.51. The van der Waals surface area contributed by atoms with Crippen molar-refractivity contribution in [2.24, 2.45) is 0 Å². The lowest BCUT2D eigenvalue weighted by atomic mass is 10.1. The summed E-state index contributed by atoms with van der Waals surface area (Å²) >= 11 is 0. The van der Waals surface area contributed by atoms with Gasteiger partial charge in [-0.25, -0.2) is 0 Å². The smallest absolute Gasteiger partial charge is 0.125 e. The molecule has 2 heteroatoms. The highest BCUT2D eigenvalue weighted by Crippen LogP contribution is 2.21. The van der Waals surface area contributed by atoms with E-state index in [1.54, 1.807) is 6.26 Å². The molecule has 0 aliphatic rings. The summed E-state index contributed by atoms with van der Waals surface area (Å²) in [6.45, 7) is 4.18. The molecule has 0 bridgehead atoms. The number of anilines is 1. The van der Waals surface area contributed by atoms with Gasteiger partial charge in [-0.2, -0.15) is 0 Å². The quantitative estimate of drug-likeness (QED) is 0.817. The van der Waals surface area contributed by atoms with Gasteiger partial charge in [0.2, 0.25) is 0 Å². The van der Waals surface area contributed by atoms with Crippen LogP contribution in [0.3, 0.4) is 0 Å². The van der Waals surface area contributed by atoms with Crippen LogP contribution in [-0.2, 0) is 0 Å². The standard InChI is InChI=1S/C13H15NO/c1-10-6-3-4-7-12(10)14-11(2)13-8-5-9-15-13/h3-9,11,14H,1-2H3/t11-/m0/s1. The van der Waals surface area contributed by atoms with E-state index in [0.717, 1.165) is 11.4 Å². The summed E-state index contributed by atoms with van der Waals surface area (Å²) in [6.07, 6.45) is 1.70. The molecule has 0 saturated carbocycles. The fraction of sp³-hybridized carbons (Fsp3) is 0.231. The van der Waals surface area contributed by atoms with E-state index in [-0.39, 0.29) is 6.04 Å². The average molecular weight is 201 g/mol. The van der Waals surface area contributed by atoms with Gasteiger partial charge in [0.05, 0.1) is 12.3 Å². The Bertz CT molecular complexity index is 420. The second-order valence-electron chi connectivity index (χ2n) is 3.70. The SMILES string of the molecule is Cc1ccccc1N[C@@H](C)c1ccco1. The van der Waals surface area contributed by atoms with Crippen molar-refractivity contribution in [2.75, 3.05) is 5.32 Å². The number of hydrogen-bond donors (Lipinski definition) is 1. The van der Waals surface area contributed by atoms with Crippen LogP contribution in [0.25, 0.3) is 0 Å². The van der Waals surface area contributed by atoms with Gasteiger partial charge < -0.3 is 9.73 Å². The Labute approximate surface area is 89.9 Å². The minimum Gasteiger partial charge on any atom is -0.467 e. The third-order valence-electron chi connectivity index (χ3n) is 2.49. The van der Waals surface area contributed by atoms with Crippen molar-refractivity contribution in [3.63, 3.8) is 0 Å². The summed E-state index contributed by atoms with van der Waals surface area (Å²) in [5.41, 5.74) is 2.40. The minimum absolute atomic E-state index is 0.195. The van der Waals surface area contributed by atoms with Gasteiger partial charge in [0, 0.05) is 5.69 Å². The molecule has 1 aromatic heterocycles. The number of nitrogens with one attached hydrogen (secondary N) is 1. The molecule has 0 fully saturated rings. The molecule has 0 aliphatic heterocycles. The van der Waals surface area contributed by atoms with Gasteiger partial charge in [-0.05, 0) is 37.6 Å². The molecule has 2 aromatic rings. The van der Waals surface area contributed by atoms with E-state index < -0.39 is 0 Å². The van der Waals surface area contributed by atoms with Gasteiger partial charge in [0.25, 0.3) is 0 Å². The number of furan rings is 1. The summed E-state index contributed by atoms with van der Waals surface area (Å²) in [4.78, 5) is 0. The van der Waals surface area contributed by atoms with Gasteiger partial charge in [-0.3, -0.25) is 0 Å². The molecule has 0 spiro atoms. The monoisotopic (exact) mass is 201 g/mol. The van der Waals surface area contributed by atoms with Crippen LogP contribution in [0.5, 0.6) is 0 Å². The number of rotatable bonds is 3. The number of aryl methyl sites for hydroxylation is 1. The molecule has 78 valence electrons. The second kappa shape index (κ2) is 4.22. The van der Waals surface area contributed by atoms with Crippen molar-refractivity contribution in [3.05, 3.63) is 54.0 Å².